The average Bonchev–Trinajstić information content (AvgIpc) is 3.03. The van der Waals surface area contributed by atoms with Gasteiger partial charge in [0.15, 0.2) is 0 Å². The number of thiophene rings is 1. The first kappa shape index (κ1) is 15.5. The van der Waals surface area contributed by atoms with E-state index in [4.69, 9.17) is 0 Å². The maximum atomic E-state index is 10.3. The van der Waals surface area contributed by atoms with Crippen LogP contribution in [0.4, 0.5) is 0 Å². The Hall–Kier alpha value is -0.420. The predicted molar refractivity (Wildman–Crippen MR) is 88.7 cm³/mol. The minimum Gasteiger partial charge on any atom is -0.386 e. The van der Waals surface area contributed by atoms with Gasteiger partial charge in [-0.3, -0.25) is 0 Å². The lowest BCUT2D eigenvalue weighted by molar-refractivity contribution is 0.0551. The molecular weight excluding hydrogens is 280 g/mol. The number of hydrogen-bond donors (Lipinski definition) is 1. The Bertz CT molecular complexity index is 406. The van der Waals surface area contributed by atoms with Gasteiger partial charge in [-0.2, -0.15) is 0 Å². The molecule has 0 bridgehead atoms. The summed E-state index contributed by atoms with van der Waals surface area (Å²) in [7, 11) is 0. The van der Waals surface area contributed by atoms with E-state index >= 15 is 0 Å². The Kier molecular flexibility index (Phi) is 5.33. The van der Waals surface area contributed by atoms with Gasteiger partial charge in [-0.05, 0) is 69.2 Å². The molecule has 2 fully saturated rings. The molecule has 1 aromatic heterocycles. The van der Waals surface area contributed by atoms with Crippen LogP contribution in [-0.2, 0) is 0 Å². The van der Waals surface area contributed by atoms with Crippen LogP contribution < -0.4 is 0 Å². The minimum atomic E-state index is -0.308. The summed E-state index contributed by atoms with van der Waals surface area (Å²) in [5.41, 5.74) is 0. The van der Waals surface area contributed by atoms with Gasteiger partial charge in [0.25, 0.3) is 0 Å². The Labute approximate surface area is 132 Å². The van der Waals surface area contributed by atoms with Crippen LogP contribution in [0.15, 0.2) is 17.5 Å². The quantitative estimate of drug-likeness (QED) is 0.926. The monoisotopic (exact) mass is 308 g/mol. The van der Waals surface area contributed by atoms with E-state index in [-0.39, 0.29) is 6.10 Å². The molecule has 0 aromatic carbocycles. The van der Waals surface area contributed by atoms with Gasteiger partial charge in [0.2, 0.25) is 0 Å². The zero-order valence-electron chi connectivity index (χ0n) is 13.1. The summed E-state index contributed by atoms with van der Waals surface area (Å²) in [5.74, 6) is 0.919. The third-order valence-corrected chi connectivity index (χ3v) is 6.17. The van der Waals surface area contributed by atoms with Crippen LogP contribution in [-0.4, -0.2) is 53.7 Å². The highest BCUT2D eigenvalue weighted by atomic mass is 32.1. The van der Waals surface area contributed by atoms with E-state index in [2.05, 4.69) is 16.7 Å². The van der Waals surface area contributed by atoms with Crippen molar-refractivity contribution in [2.45, 2.75) is 44.8 Å². The predicted octanol–water partition coefficient (Wildman–Crippen LogP) is 2.98. The highest BCUT2D eigenvalue weighted by Crippen LogP contribution is 2.25. The summed E-state index contributed by atoms with van der Waals surface area (Å²) in [6.45, 7) is 8.04. The summed E-state index contributed by atoms with van der Waals surface area (Å²) >= 11 is 1.66. The molecular formula is C17H28N2OS. The van der Waals surface area contributed by atoms with Crippen LogP contribution in [0.25, 0.3) is 0 Å². The number of piperidine rings is 2. The molecule has 1 aromatic rings. The maximum Gasteiger partial charge on any atom is 0.101 e. The van der Waals surface area contributed by atoms with E-state index in [1.807, 2.05) is 17.5 Å². The van der Waals surface area contributed by atoms with Crippen molar-refractivity contribution in [1.29, 1.82) is 0 Å². The first-order valence-electron chi connectivity index (χ1n) is 8.40. The number of aliphatic hydroxyl groups is 1. The van der Waals surface area contributed by atoms with Crippen molar-refractivity contribution in [3.05, 3.63) is 22.4 Å². The third-order valence-electron chi connectivity index (χ3n) is 5.19. The van der Waals surface area contributed by atoms with E-state index < -0.39 is 0 Å². The van der Waals surface area contributed by atoms with Gasteiger partial charge < -0.3 is 14.9 Å². The van der Waals surface area contributed by atoms with Crippen LogP contribution in [0.3, 0.4) is 0 Å². The van der Waals surface area contributed by atoms with Crippen LogP contribution in [0.1, 0.15) is 43.6 Å². The molecule has 3 rings (SSSR count). The van der Waals surface area contributed by atoms with Crippen molar-refractivity contribution in [1.82, 2.24) is 9.80 Å². The third kappa shape index (κ3) is 4.07. The molecule has 4 heteroatoms. The summed E-state index contributed by atoms with van der Waals surface area (Å²) < 4.78 is 0. The molecule has 118 valence electrons. The molecule has 0 amide bonds. The van der Waals surface area contributed by atoms with Crippen LogP contribution in [0.5, 0.6) is 0 Å². The molecule has 1 atom stereocenters. The van der Waals surface area contributed by atoms with Crippen LogP contribution >= 0.6 is 11.3 Å². The number of β-amino-alcohol motifs (C(OH)–C–C–N with tert-alkyl or cyclic N) is 1. The minimum absolute atomic E-state index is 0.308. The van der Waals surface area contributed by atoms with Gasteiger partial charge in [-0.1, -0.05) is 13.0 Å². The maximum absolute atomic E-state index is 10.3. The van der Waals surface area contributed by atoms with Crippen LogP contribution in [0.2, 0.25) is 0 Å². The summed E-state index contributed by atoms with van der Waals surface area (Å²) in [6, 6.07) is 4.84. The fourth-order valence-electron chi connectivity index (χ4n) is 3.68. The molecule has 1 N–H and O–H groups in total. The van der Waals surface area contributed by atoms with Crippen molar-refractivity contribution in [2.75, 3.05) is 32.7 Å². The Morgan fingerprint density at radius 2 is 1.90 bits per heavy atom. The van der Waals surface area contributed by atoms with Crippen molar-refractivity contribution < 1.29 is 5.11 Å². The van der Waals surface area contributed by atoms with E-state index in [1.165, 1.54) is 38.8 Å². The molecule has 2 saturated heterocycles. The van der Waals surface area contributed by atoms with E-state index in [9.17, 15) is 5.11 Å². The number of aliphatic hydroxyl groups excluding tert-OH is 1. The van der Waals surface area contributed by atoms with E-state index in [0.29, 0.717) is 0 Å². The van der Waals surface area contributed by atoms with Crippen molar-refractivity contribution in [2.24, 2.45) is 5.92 Å². The number of likely N-dealkylation sites (tertiary alicyclic amines) is 2. The molecule has 1 unspecified atom stereocenters. The van der Waals surface area contributed by atoms with Crippen molar-refractivity contribution in [3.63, 3.8) is 0 Å². The lowest BCUT2D eigenvalue weighted by Gasteiger charge is -2.41. The molecule has 3 nitrogen and oxygen atoms in total. The van der Waals surface area contributed by atoms with Gasteiger partial charge in [-0.15, -0.1) is 11.3 Å². The lowest BCUT2D eigenvalue weighted by Crippen LogP contribution is -2.48. The topological polar surface area (TPSA) is 26.7 Å². The molecule has 2 aliphatic heterocycles. The highest BCUT2D eigenvalue weighted by molar-refractivity contribution is 7.10. The summed E-state index contributed by atoms with van der Waals surface area (Å²) in [5, 5.41) is 12.3. The van der Waals surface area contributed by atoms with E-state index in [1.54, 1.807) is 11.3 Å². The SMILES string of the molecule is CC1CCN(C2CCN(CC(O)c3cccs3)CC2)CC1. The standard InChI is InChI=1S/C17H28N2OS/c1-14-4-10-19(11-5-14)15-6-8-18(9-7-15)13-16(20)17-3-2-12-21-17/h2-3,12,14-16,20H,4-11,13H2,1H3. The van der Waals surface area contributed by atoms with Gasteiger partial charge in [-0.25, -0.2) is 0 Å². The second-order valence-electron chi connectivity index (χ2n) is 6.78. The zero-order valence-corrected chi connectivity index (χ0v) is 13.9. The zero-order chi connectivity index (χ0) is 14.7. The fraction of sp³-hybridized carbons (Fsp3) is 0.765. The van der Waals surface area contributed by atoms with Crippen molar-refractivity contribution in [3.8, 4) is 0 Å². The molecule has 0 spiro atoms. The molecule has 2 aliphatic rings. The van der Waals surface area contributed by atoms with Gasteiger partial charge >= 0.3 is 0 Å². The lowest BCUT2D eigenvalue weighted by atomic mass is 9.95. The Morgan fingerprint density at radius 1 is 1.19 bits per heavy atom. The first-order valence-corrected chi connectivity index (χ1v) is 9.28. The van der Waals surface area contributed by atoms with Crippen molar-refractivity contribution >= 4 is 11.3 Å². The molecule has 0 aliphatic carbocycles. The van der Waals surface area contributed by atoms with Crippen LogP contribution in [0, 0.1) is 5.92 Å². The molecule has 21 heavy (non-hydrogen) atoms. The van der Waals surface area contributed by atoms with Gasteiger partial charge in [0, 0.05) is 17.5 Å². The smallest absolute Gasteiger partial charge is 0.101 e. The Morgan fingerprint density at radius 3 is 2.52 bits per heavy atom. The normalized spacial score (nSPS) is 25.2. The van der Waals surface area contributed by atoms with Gasteiger partial charge in [0.1, 0.15) is 6.10 Å². The number of nitrogens with zero attached hydrogens (tertiary/aromatic N) is 2. The molecule has 0 saturated carbocycles. The fourth-order valence-corrected chi connectivity index (χ4v) is 4.38. The largest absolute Gasteiger partial charge is 0.386 e. The highest BCUT2D eigenvalue weighted by Gasteiger charge is 2.27. The summed E-state index contributed by atoms with van der Waals surface area (Å²) in [4.78, 5) is 6.25. The average molecular weight is 308 g/mol. The molecule has 3 heterocycles. The van der Waals surface area contributed by atoms with Gasteiger partial charge in [0.05, 0.1) is 0 Å². The van der Waals surface area contributed by atoms with E-state index in [0.717, 1.165) is 36.5 Å². The number of hydrogen-bond acceptors (Lipinski definition) is 4. The Balaban J connectivity index is 1.43. The number of rotatable bonds is 4. The second kappa shape index (κ2) is 7.23. The molecule has 0 radical (unpaired) electrons. The first-order chi connectivity index (χ1) is 10.2. The second-order valence-corrected chi connectivity index (χ2v) is 7.76. The summed E-state index contributed by atoms with van der Waals surface area (Å²) in [6.07, 6.45) is 4.98.